The Kier molecular flexibility index (Phi) is 6.96. The highest BCUT2D eigenvalue weighted by Gasteiger charge is 2.10. The predicted octanol–water partition coefficient (Wildman–Crippen LogP) is 3.16. The second-order valence-electron chi connectivity index (χ2n) is 5.36. The van der Waals surface area contributed by atoms with E-state index in [1.807, 2.05) is 18.2 Å². The first kappa shape index (κ1) is 19.2. The van der Waals surface area contributed by atoms with Crippen LogP contribution in [0.5, 0.6) is 23.0 Å². The topological polar surface area (TPSA) is 78.1 Å². The number of hydrogen-bond acceptors (Lipinski definition) is 6. The second kappa shape index (κ2) is 9.41. The number of anilines is 2. The van der Waals surface area contributed by atoms with Crippen LogP contribution in [0, 0.1) is 0 Å². The van der Waals surface area contributed by atoms with Crippen molar-refractivity contribution in [2.24, 2.45) is 0 Å². The molecule has 0 fully saturated rings. The molecular formula is C19H24N2O5. The van der Waals surface area contributed by atoms with Crippen LogP contribution < -0.4 is 29.6 Å². The average Bonchev–Trinajstić information content (AvgIpc) is 2.68. The number of hydrogen-bond donors (Lipinski definition) is 2. The van der Waals surface area contributed by atoms with Gasteiger partial charge in [-0.25, -0.2) is 0 Å². The van der Waals surface area contributed by atoms with Crippen LogP contribution in [0.4, 0.5) is 11.4 Å². The molecule has 0 aromatic heterocycles. The third-order valence-corrected chi connectivity index (χ3v) is 3.76. The van der Waals surface area contributed by atoms with Crippen molar-refractivity contribution in [2.75, 3.05) is 45.6 Å². The standard InChI is InChI=1S/C19H24N2O5/c1-23-13-6-8-17(25-3)16(11-13)20-10-9-19(22)21-15-7-5-14(24-2)12-18(15)26-4/h5-8,11-12,20H,9-10H2,1-4H3,(H,21,22). The van der Waals surface area contributed by atoms with Crippen molar-refractivity contribution in [3.8, 4) is 23.0 Å². The number of benzene rings is 2. The Balaban J connectivity index is 1.94. The molecule has 0 saturated heterocycles. The van der Waals surface area contributed by atoms with Crippen molar-refractivity contribution in [1.82, 2.24) is 0 Å². The van der Waals surface area contributed by atoms with Gasteiger partial charge in [0.05, 0.1) is 39.8 Å². The molecule has 0 spiro atoms. The highest BCUT2D eigenvalue weighted by Crippen LogP contribution is 2.30. The molecule has 0 heterocycles. The molecule has 0 atom stereocenters. The van der Waals surface area contributed by atoms with Crippen LogP contribution in [0.3, 0.4) is 0 Å². The zero-order valence-corrected chi connectivity index (χ0v) is 15.4. The van der Waals surface area contributed by atoms with E-state index in [4.69, 9.17) is 18.9 Å². The Labute approximate surface area is 153 Å². The Morgan fingerprint density at radius 2 is 1.46 bits per heavy atom. The molecule has 0 radical (unpaired) electrons. The fourth-order valence-corrected chi connectivity index (χ4v) is 2.38. The van der Waals surface area contributed by atoms with Gasteiger partial charge in [0.15, 0.2) is 0 Å². The van der Waals surface area contributed by atoms with Crippen molar-refractivity contribution in [1.29, 1.82) is 0 Å². The van der Waals surface area contributed by atoms with Crippen LogP contribution >= 0.6 is 0 Å². The van der Waals surface area contributed by atoms with Crippen LogP contribution in [-0.2, 0) is 4.79 Å². The van der Waals surface area contributed by atoms with E-state index in [0.29, 0.717) is 35.2 Å². The first-order chi connectivity index (χ1) is 12.6. The van der Waals surface area contributed by atoms with Crippen LogP contribution in [0.15, 0.2) is 36.4 Å². The lowest BCUT2D eigenvalue weighted by Crippen LogP contribution is -2.17. The highest BCUT2D eigenvalue weighted by atomic mass is 16.5. The summed E-state index contributed by atoms with van der Waals surface area (Å²) in [6.07, 6.45) is 0.273. The van der Waals surface area contributed by atoms with Crippen molar-refractivity contribution < 1.29 is 23.7 Å². The monoisotopic (exact) mass is 360 g/mol. The third kappa shape index (κ3) is 4.95. The number of nitrogens with one attached hydrogen (secondary N) is 2. The summed E-state index contributed by atoms with van der Waals surface area (Å²) in [5, 5.41) is 6.02. The number of amides is 1. The lowest BCUT2D eigenvalue weighted by atomic mass is 10.2. The maximum absolute atomic E-state index is 12.2. The number of methoxy groups -OCH3 is 4. The molecule has 0 aliphatic rings. The molecule has 0 aliphatic heterocycles. The molecular weight excluding hydrogens is 336 g/mol. The minimum Gasteiger partial charge on any atom is -0.497 e. The molecule has 26 heavy (non-hydrogen) atoms. The fraction of sp³-hybridized carbons (Fsp3) is 0.316. The molecule has 2 rings (SSSR count). The van der Waals surface area contributed by atoms with E-state index in [2.05, 4.69) is 10.6 Å². The number of carbonyl (C=O) groups excluding carboxylic acids is 1. The van der Waals surface area contributed by atoms with Gasteiger partial charge >= 0.3 is 0 Å². The van der Waals surface area contributed by atoms with Gasteiger partial charge in [-0.05, 0) is 24.3 Å². The average molecular weight is 360 g/mol. The van der Waals surface area contributed by atoms with Crippen LogP contribution in [0.25, 0.3) is 0 Å². The minimum atomic E-state index is -0.136. The Morgan fingerprint density at radius 1 is 0.808 bits per heavy atom. The molecule has 1 amide bonds. The van der Waals surface area contributed by atoms with Gasteiger partial charge in [-0.2, -0.15) is 0 Å². The van der Waals surface area contributed by atoms with E-state index in [0.717, 1.165) is 5.69 Å². The Bertz CT molecular complexity index is 749. The summed E-state index contributed by atoms with van der Waals surface area (Å²) < 4.78 is 20.9. The Morgan fingerprint density at radius 3 is 2.12 bits per heavy atom. The molecule has 0 bridgehead atoms. The summed E-state index contributed by atoms with van der Waals surface area (Å²) >= 11 is 0. The summed E-state index contributed by atoms with van der Waals surface area (Å²) in [6.45, 7) is 0.438. The maximum Gasteiger partial charge on any atom is 0.226 e. The zero-order chi connectivity index (χ0) is 18.9. The molecule has 7 nitrogen and oxygen atoms in total. The molecule has 0 aliphatic carbocycles. The van der Waals surface area contributed by atoms with Gasteiger partial charge in [0.1, 0.15) is 23.0 Å². The van der Waals surface area contributed by atoms with E-state index in [9.17, 15) is 4.79 Å². The highest BCUT2D eigenvalue weighted by molar-refractivity contribution is 5.92. The normalized spacial score (nSPS) is 10.0. The molecule has 140 valence electrons. The molecule has 2 aromatic rings. The predicted molar refractivity (Wildman–Crippen MR) is 101 cm³/mol. The van der Waals surface area contributed by atoms with E-state index < -0.39 is 0 Å². The van der Waals surface area contributed by atoms with Gasteiger partial charge in [-0.15, -0.1) is 0 Å². The van der Waals surface area contributed by atoms with E-state index in [1.165, 1.54) is 0 Å². The van der Waals surface area contributed by atoms with Crippen molar-refractivity contribution in [3.63, 3.8) is 0 Å². The summed E-state index contributed by atoms with van der Waals surface area (Å²) in [5.41, 5.74) is 1.36. The van der Waals surface area contributed by atoms with Crippen molar-refractivity contribution >= 4 is 17.3 Å². The lowest BCUT2D eigenvalue weighted by molar-refractivity contribution is -0.116. The summed E-state index contributed by atoms with van der Waals surface area (Å²) in [4.78, 5) is 12.2. The molecule has 0 unspecified atom stereocenters. The summed E-state index contributed by atoms with van der Waals surface area (Å²) in [7, 11) is 6.31. The fourth-order valence-electron chi connectivity index (χ4n) is 2.38. The largest absolute Gasteiger partial charge is 0.497 e. The minimum absolute atomic E-state index is 0.136. The van der Waals surface area contributed by atoms with E-state index >= 15 is 0 Å². The number of ether oxygens (including phenoxy) is 4. The molecule has 2 aromatic carbocycles. The van der Waals surface area contributed by atoms with Gasteiger partial charge in [-0.1, -0.05) is 0 Å². The summed E-state index contributed by atoms with van der Waals surface area (Å²) in [5.74, 6) is 2.46. The Hall–Kier alpha value is -3.09. The SMILES string of the molecule is COc1ccc(OC)c(NCCC(=O)Nc2ccc(OC)cc2OC)c1. The van der Waals surface area contributed by atoms with Crippen molar-refractivity contribution in [3.05, 3.63) is 36.4 Å². The smallest absolute Gasteiger partial charge is 0.226 e. The maximum atomic E-state index is 12.2. The third-order valence-electron chi connectivity index (χ3n) is 3.76. The quantitative estimate of drug-likeness (QED) is 0.715. The van der Waals surface area contributed by atoms with Gasteiger partial charge < -0.3 is 29.6 Å². The van der Waals surface area contributed by atoms with Gasteiger partial charge in [-0.3, -0.25) is 4.79 Å². The zero-order valence-electron chi connectivity index (χ0n) is 15.4. The van der Waals surface area contributed by atoms with Crippen LogP contribution in [0.1, 0.15) is 6.42 Å². The van der Waals surface area contributed by atoms with Crippen LogP contribution in [-0.4, -0.2) is 40.9 Å². The van der Waals surface area contributed by atoms with Gasteiger partial charge in [0.2, 0.25) is 5.91 Å². The lowest BCUT2D eigenvalue weighted by Gasteiger charge is -2.14. The van der Waals surface area contributed by atoms with E-state index in [1.54, 1.807) is 46.6 Å². The van der Waals surface area contributed by atoms with E-state index in [-0.39, 0.29) is 12.3 Å². The molecule has 2 N–H and O–H groups in total. The van der Waals surface area contributed by atoms with Crippen LogP contribution in [0.2, 0.25) is 0 Å². The number of carbonyl (C=O) groups is 1. The second-order valence-corrected chi connectivity index (χ2v) is 5.36. The van der Waals surface area contributed by atoms with Crippen molar-refractivity contribution in [2.45, 2.75) is 6.42 Å². The molecule has 7 heteroatoms. The first-order valence-electron chi connectivity index (χ1n) is 8.09. The number of rotatable bonds is 9. The first-order valence-corrected chi connectivity index (χ1v) is 8.09. The van der Waals surface area contributed by atoms with Gasteiger partial charge in [0, 0.05) is 25.1 Å². The molecule has 0 saturated carbocycles. The van der Waals surface area contributed by atoms with Gasteiger partial charge in [0.25, 0.3) is 0 Å². The summed E-state index contributed by atoms with van der Waals surface area (Å²) in [6, 6.07) is 10.7.